The molecule has 0 heterocycles. The maximum absolute atomic E-state index is 0. The van der Waals surface area contributed by atoms with Crippen LogP contribution in [0.15, 0.2) is 0 Å². The SMILES string of the molecule is N.[BH4-].[BH4-].[Zn+2]. The predicted molar refractivity (Wildman–Crippen MR) is 27.7 cm³/mol. The number of hydrogen-bond donors (Lipinski definition) is 1. The van der Waals surface area contributed by atoms with Gasteiger partial charge >= 0.3 is 19.5 Å². The molecule has 0 aliphatic carbocycles. The summed E-state index contributed by atoms with van der Waals surface area (Å²) in [5.74, 6) is 0. The summed E-state index contributed by atoms with van der Waals surface area (Å²) in [6.07, 6.45) is 0. The summed E-state index contributed by atoms with van der Waals surface area (Å²) < 4.78 is 0. The first-order chi connectivity index (χ1) is 0. The van der Waals surface area contributed by atoms with Gasteiger partial charge in [0.2, 0.25) is 0 Å². The minimum atomic E-state index is 0. The fraction of sp³-hybridized carbons (Fsp3) is 0. The fourth-order valence-corrected chi connectivity index (χ4v) is 0. The summed E-state index contributed by atoms with van der Waals surface area (Å²) in [4.78, 5) is 0. The first kappa shape index (κ1) is 128. The van der Waals surface area contributed by atoms with Gasteiger partial charge in [0.15, 0.2) is 0 Å². The van der Waals surface area contributed by atoms with Gasteiger partial charge in [-0.2, -0.15) is 0 Å². The van der Waals surface area contributed by atoms with Crippen molar-refractivity contribution in [1.82, 2.24) is 6.15 Å². The van der Waals surface area contributed by atoms with Gasteiger partial charge in [0, 0.05) is 0 Å². The molecule has 0 fully saturated rings. The van der Waals surface area contributed by atoms with E-state index in [0.717, 1.165) is 0 Å². The van der Waals surface area contributed by atoms with Crippen LogP contribution in [0.5, 0.6) is 0 Å². The summed E-state index contributed by atoms with van der Waals surface area (Å²) in [5, 5.41) is 0. The zero-order valence-electron chi connectivity index (χ0n) is 1.41. The van der Waals surface area contributed by atoms with E-state index in [4.69, 9.17) is 0 Å². The monoisotopic (exact) mass is 111 g/mol. The Bertz CT molecular complexity index is 6.00. The van der Waals surface area contributed by atoms with Crippen molar-refractivity contribution in [1.29, 1.82) is 0 Å². The molecule has 24 valence electrons. The minimum Gasteiger partial charge on any atom is -0.344 e. The molecule has 0 atom stereocenters. The second kappa shape index (κ2) is 53.7. The van der Waals surface area contributed by atoms with Gasteiger partial charge in [0.25, 0.3) is 0 Å². The first-order valence-electron chi connectivity index (χ1n) is 0. The molecule has 4 heavy (non-hydrogen) atoms. The molecule has 0 unspecified atom stereocenters. The van der Waals surface area contributed by atoms with Gasteiger partial charge in [-0.05, 0) is 0 Å². The van der Waals surface area contributed by atoms with Crippen molar-refractivity contribution in [2.24, 2.45) is 0 Å². The third kappa shape index (κ3) is 15.7. The molecule has 0 aliphatic rings. The molecule has 0 aliphatic heterocycles. The molecule has 0 rings (SSSR count). The third-order valence-corrected chi connectivity index (χ3v) is 0. The smallest absolute Gasteiger partial charge is 0.344 e. The van der Waals surface area contributed by atoms with Crippen molar-refractivity contribution in [2.45, 2.75) is 0 Å². The molecule has 4 heteroatoms. The Morgan fingerprint density at radius 1 is 0.750 bits per heavy atom. The normalized spacial score (nSPS) is 0. The Morgan fingerprint density at radius 2 is 0.750 bits per heavy atom. The molecule has 0 saturated heterocycles. The van der Waals surface area contributed by atoms with Gasteiger partial charge in [-0.25, -0.2) is 0 Å². The van der Waals surface area contributed by atoms with E-state index in [1.807, 2.05) is 0 Å². The van der Waals surface area contributed by atoms with Crippen molar-refractivity contribution in [3.63, 3.8) is 0 Å². The van der Waals surface area contributed by atoms with E-state index in [1.54, 1.807) is 0 Å². The molecule has 0 aromatic heterocycles. The summed E-state index contributed by atoms with van der Waals surface area (Å²) in [5.41, 5.74) is 0. The van der Waals surface area contributed by atoms with Crippen LogP contribution in [-0.2, 0) is 19.5 Å². The van der Waals surface area contributed by atoms with Crippen molar-refractivity contribution >= 4 is 16.8 Å². The van der Waals surface area contributed by atoms with E-state index in [0.29, 0.717) is 0 Å². The van der Waals surface area contributed by atoms with Gasteiger partial charge < -0.3 is 6.15 Å². The molecule has 0 aromatic rings. The standard InChI is InChI=1S/2BH4.H3N.Zn/h2*1H4;1H3;/q2*-1;;+2. The van der Waals surface area contributed by atoms with E-state index in [9.17, 15) is 0 Å². The first-order valence-corrected chi connectivity index (χ1v) is 0. The van der Waals surface area contributed by atoms with Gasteiger partial charge in [-0.15, -0.1) is 0 Å². The molecule has 0 amide bonds. The third-order valence-electron chi connectivity index (χ3n) is 0. The summed E-state index contributed by atoms with van der Waals surface area (Å²) in [6, 6.07) is 0. The average molecular weight is 112 g/mol. The van der Waals surface area contributed by atoms with Gasteiger partial charge in [0.05, 0.1) is 0 Å². The van der Waals surface area contributed by atoms with Crippen molar-refractivity contribution < 1.29 is 19.5 Å². The summed E-state index contributed by atoms with van der Waals surface area (Å²) in [7, 11) is 0. The number of hydrogen-bond acceptors (Lipinski definition) is 1. The van der Waals surface area contributed by atoms with Crippen molar-refractivity contribution in [2.75, 3.05) is 0 Å². The Labute approximate surface area is 43.0 Å². The fourth-order valence-electron chi connectivity index (χ4n) is 0. The van der Waals surface area contributed by atoms with Gasteiger partial charge in [0.1, 0.15) is 0 Å². The molecule has 0 aromatic carbocycles. The van der Waals surface area contributed by atoms with Crippen LogP contribution in [-0.4, -0.2) is 16.8 Å². The van der Waals surface area contributed by atoms with Crippen LogP contribution in [0.25, 0.3) is 0 Å². The predicted octanol–water partition coefficient (Wildman–Crippen LogP) is -2.74. The minimum absolute atomic E-state index is 0. The molecule has 0 bridgehead atoms. The zero-order valence-corrected chi connectivity index (χ0v) is 4.38. The van der Waals surface area contributed by atoms with Crippen molar-refractivity contribution in [3.8, 4) is 0 Å². The second-order valence-corrected chi connectivity index (χ2v) is 0. The van der Waals surface area contributed by atoms with E-state index < -0.39 is 0 Å². The topological polar surface area (TPSA) is 35.0 Å². The Morgan fingerprint density at radius 3 is 0.750 bits per heavy atom. The van der Waals surface area contributed by atoms with Crippen LogP contribution < -0.4 is 6.15 Å². The average Bonchev–Trinajstić information content (AvgIpc) is 0. The second-order valence-electron chi connectivity index (χ2n) is 0. The van der Waals surface area contributed by atoms with Crippen LogP contribution in [0.3, 0.4) is 0 Å². The summed E-state index contributed by atoms with van der Waals surface area (Å²) >= 11 is 0. The maximum atomic E-state index is 0. The molecule has 0 saturated carbocycles. The maximum Gasteiger partial charge on any atom is 2.00 e. The molecular formula is H11B2NZn. The zero-order chi connectivity index (χ0) is 0. The van der Waals surface area contributed by atoms with E-state index in [2.05, 4.69) is 0 Å². The van der Waals surface area contributed by atoms with Crippen LogP contribution in [0.2, 0.25) is 0 Å². The molecule has 1 nitrogen and oxygen atoms in total. The van der Waals surface area contributed by atoms with Gasteiger partial charge in [-0.1, -0.05) is 16.8 Å². The van der Waals surface area contributed by atoms with Crippen LogP contribution >= 0.6 is 0 Å². The Hall–Kier alpha value is 0.713. The Balaban J connectivity index is 0. The van der Waals surface area contributed by atoms with E-state index in [1.165, 1.54) is 0 Å². The van der Waals surface area contributed by atoms with Crippen LogP contribution in [0.4, 0.5) is 0 Å². The van der Waals surface area contributed by atoms with Gasteiger partial charge in [-0.3, -0.25) is 0 Å². The molecular weight excluding hydrogens is 101 g/mol. The molecule has 0 spiro atoms. The van der Waals surface area contributed by atoms with E-state index >= 15 is 0 Å². The number of rotatable bonds is 0. The Kier molecular flexibility index (Phi) is 1720. The molecule has 0 radical (unpaired) electrons. The van der Waals surface area contributed by atoms with E-state index in [-0.39, 0.29) is 42.5 Å². The largest absolute Gasteiger partial charge is 2.00 e. The summed E-state index contributed by atoms with van der Waals surface area (Å²) in [6.45, 7) is 0. The molecule has 3 N–H and O–H groups in total. The quantitative estimate of drug-likeness (QED) is 0.339. The van der Waals surface area contributed by atoms with Crippen molar-refractivity contribution in [3.05, 3.63) is 0 Å². The van der Waals surface area contributed by atoms with Crippen LogP contribution in [0, 0.1) is 0 Å². The van der Waals surface area contributed by atoms with Crippen LogP contribution in [0.1, 0.15) is 0 Å².